The Bertz CT molecular complexity index is 446. The molecule has 0 fully saturated rings. The minimum atomic E-state index is -0.979. The van der Waals surface area contributed by atoms with E-state index in [0.29, 0.717) is 6.54 Å². The quantitative estimate of drug-likeness (QED) is 0.807. The molecular weight excluding hydrogens is 220 g/mol. The molecular formula is C12H18N2O3. The van der Waals surface area contributed by atoms with E-state index in [1.807, 2.05) is 0 Å². The fourth-order valence-corrected chi connectivity index (χ4v) is 1.55. The van der Waals surface area contributed by atoms with Gasteiger partial charge in [0.2, 0.25) is 0 Å². The summed E-state index contributed by atoms with van der Waals surface area (Å²) in [5, 5.41) is 9.70. The maximum Gasteiger partial charge on any atom is 0.260 e. The highest BCUT2D eigenvalue weighted by Crippen LogP contribution is 2.07. The molecule has 0 spiro atoms. The highest BCUT2D eigenvalue weighted by atomic mass is 16.3. The van der Waals surface area contributed by atoms with Gasteiger partial charge < -0.3 is 15.0 Å². The van der Waals surface area contributed by atoms with Gasteiger partial charge in [0.25, 0.3) is 11.5 Å². The molecule has 0 saturated heterocycles. The minimum absolute atomic E-state index is 0.0959. The second-order valence-electron chi connectivity index (χ2n) is 4.54. The first-order chi connectivity index (χ1) is 7.85. The molecule has 17 heavy (non-hydrogen) atoms. The number of carbonyl (C=O) groups is 1. The number of hydrogen-bond acceptors (Lipinski definition) is 3. The summed E-state index contributed by atoms with van der Waals surface area (Å²) in [4.78, 5) is 27.5. The second kappa shape index (κ2) is 5.14. The van der Waals surface area contributed by atoms with Crippen molar-refractivity contribution in [3.63, 3.8) is 0 Å². The molecule has 1 aromatic heterocycles. The summed E-state index contributed by atoms with van der Waals surface area (Å²) < 4.78 is 0. The summed E-state index contributed by atoms with van der Waals surface area (Å²) in [7, 11) is 0. The molecule has 0 aliphatic heterocycles. The summed E-state index contributed by atoms with van der Waals surface area (Å²) in [6.45, 7) is 5.69. The van der Waals surface area contributed by atoms with E-state index in [1.165, 1.54) is 17.2 Å². The lowest BCUT2D eigenvalue weighted by atomic mass is 10.1. The van der Waals surface area contributed by atoms with Crippen molar-refractivity contribution >= 4 is 5.91 Å². The number of nitrogens with one attached hydrogen (secondary N) is 1. The summed E-state index contributed by atoms with van der Waals surface area (Å²) >= 11 is 0. The number of carbonyl (C=O) groups excluding carboxylic acids is 1. The van der Waals surface area contributed by atoms with Crippen LogP contribution in [0.4, 0.5) is 0 Å². The third-order valence-electron chi connectivity index (χ3n) is 2.30. The van der Waals surface area contributed by atoms with Gasteiger partial charge in [-0.2, -0.15) is 0 Å². The van der Waals surface area contributed by atoms with Gasteiger partial charge >= 0.3 is 0 Å². The monoisotopic (exact) mass is 238 g/mol. The average Bonchev–Trinajstić information content (AvgIpc) is 2.24. The molecule has 0 saturated carbocycles. The van der Waals surface area contributed by atoms with Crippen LogP contribution >= 0.6 is 0 Å². The van der Waals surface area contributed by atoms with Crippen LogP contribution in [0.5, 0.6) is 0 Å². The maximum absolute atomic E-state index is 12.1. The minimum Gasteiger partial charge on any atom is -0.389 e. The van der Waals surface area contributed by atoms with Crippen molar-refractivity contribution in [2.75, 3.05) is 13.1 Å². The fourth-order valence-electron chi connectivity index (χ4n) is 1.55. The molecule has 1 amide bonds. The predicted octanol–water partition coefficient (Wildman–Crippen LogP) is 0.608. The Balaban J connectivity index is 2.95. The third-order valence-corrected chi connectivity index (χ3v) is 2.30. The molecule has 5 nitrogen and oxygen atoms in total. The molecule has 0 bridgehead atoms. The number of aromatic amines is 1. The first-order valence-corrected chi connectivity index (χ1v) is 5.54. The lowest BCUT2D eigenvalue weighted by Gasteiger charge is -2.27. The average molecular weight is 238 g/mol. The molecule has 0 radical (unpaired) electrons. The maximum atomic E-state index is 12.1. The molecule has 0 aromatic carbocycles. The van der Waals surface area contributed by atoms with Gasteiger partial charge in [0, 0.05) is 19.3 Å². The molecule has 5 heteroatoms. The van der Waals surface area contributed by atoms with Gasteiger partial charge in [0.05, 0.1) is 5.60 Å². The molecule has 1 aromatic rings. The number of aliphatic hydroxyl groups is 1. The van der Waals surface area contributed by atoms with Gasteiger partial charge in [-0.25, -0.2) is 0 Å². The van der Waals surface area contributed by atoms with Crippen molar-refractivity contribution < 1.29 is 9.90 Å². The van der Waals surface area contributed by atoms with Crippen LogP contribution in [0, 0.1) is 0 Å². The van der Waals surface area contributed by atoms with Crippen molar-refractivity contribution in [1.82, 2.24) is 9.88 Å². The second-order valence-corrected chi connectivity index (χ2v) is 4.54. The van der Waals surface area contributed by atoms with Crippen LogP contribution in [-0.4, -0.2) is 39.6 Å². The zero-order valence-electron chi connectivity index (χ0n) is 10.4. The first-order valence-electron chi connectivity index (χ1n) is 5.54. The SMILES string of the molecule is CCN(CC(C)(C)O)C(=O)c1ccc[nH]c1=O. The van der Waals surface area contributed by atoms with E-state index in [2.05, 4.69) is 4.98 Å². The Morgan fingerprint density at radius 1 is 1.53 bits per heavy atom. The Kier molecular flexibility index (Phi) is 4.07. The normalized spacial score (nSPS) is 11.3. The number of amides is 1. The van der Waals surface area contributed by atoms with E-state index >= 15 is 0 Å². The van der Waals surface area contributed by atoms with Crippen LogP contribution in [0.3, 0.4) is 0 Å². The Morgan fingerprint density at radius 2 is 2.18 bits per heavy atom. The van der Waals surface area contributed by atoms with Crippen molar-refractivity contribution in [2.24, 2.45) is 0 Å². The number of likely N-dealkylation sites (N-methyl/N-ethyl adjacent to an activating group) is 1. The van der Waals surface area contributed by atoms with E-state index in [0.717, 1.165) is 0 Å². The number of aromatic nitrogens is 1. The largest absolute Gasteiger partial charge is 0.389 e. The molecule has 0 aliphatic rings. The van der Waals surface area contributed by atoms with E-state index in [1.54, 1.807) is 26.8 Å². The van der Waals surface area contributed by atoms with Gasteiger partial charge in [0.15, 0.2) is 0 Å². The van der Waals surface area contributed by atoms with Crippen LogP contribution in [0.25, 0.3) is 0 Å². The number of hydrogen-bond donors (Lipinski definition) is 2. The first kappa shape index (κ1) is 13.4. The summed E-state index contributed by atoms with van der Waals surface area (Å²) in [5.74, 6) is -0.364. The highest BCUT2D eigenvalue weighted by molar-refractivity contribution is 5.93. The zero-order valence-corrected chi connectivity index (χ0v) is 10.4. The lowest BCUT2D eigenvalue weighted by molar-refractivity contribution is 0.0313. The van der Waals surface area contributed by atoms with E-state index < -0.39 is 11.2 Å². The van der Waals surface area contributed by atoms with E-state index in [-0.39, 0.29) is 18.0 Å². The molecule has 2 N–H and O–H groups in total. The predicted molar refractivity (Wildman–Crippen MR) is 64.9 cm³/mol. The van der Waals surface area contributed by atoms with Gasteiger partial charge in [-0.1, -0.05) is 0 Å². The van der Waals surface area contributed by atoms with Crippen molar-refractivity contribution in [2.45, 2.75) is 26.4 Å². The molecule has 0 atom stereocenters. The number of pyridine rings is 1. The Morgan fingerprint density at radius 3 is 2.65 bits per heavy atom. The Hall–Kier alpha value is -1.62. The fraction of sp³-hybridized carbons (Fsp3) is 0.500. The molecule has 94 valence electrons. The molecule has 0 unspecified atom stereocenters. The van der Waals surface area contributed by atoms with E-state index in [4.69, 9.17) is 0 Å². The number of H-pyrrole nitrogens is 1. The van der Waals surface area contributed by atoms with Gasteiger partial charge in [-0.05, 0) is 32.9 Å². The van der Waals surface area contributed by atoms with Crippen LogP contribution in [0.15, 0.2) is 23.1 Å². The number of nitrogens with zero attached hydrogens (tertiary/aromatic N) is 1. The van der Waals surface area contributed by atoms with Crippen molar-refractivity contribution in [1.29, 1.82) is 0 Å². The molecule has 0 aliphatic carbocycles. The summed E-state index contributed by atoms with van der Waals surface area (Å²) in [6, 6.07) is 3.08. The van der Waals surface area contributed by atoms with Gasteiger partial charge in [0.1, 0.15) is 5.56 Å². The van der Waals surface area contributed by atoms with Crippen LogP contribution in [0.2, 0.25) is 0 Å². The topological polar surface area (TPSA) is 73.4 Å². The molecule has 1 rings (SSSR count). The number of rotatable bonds is 4. The van der Waals surface area contributed by atoms with Crippen LogP contribution in [0.1, 0.15) is 31.1 Å². The van der Waals surface area contributed by atoms with Crippen molar-refractivity contribution in [3.05, 3.63) is 34.2 Å². The Labute approximate surface area is 100 Å². The zero-order chi connectivity index (χ0) is 13.1. The molecule has 1 heterocycles. The highest BCUT2D eigenvalue weighted by Gasteiger charge is 2.23. The summed E-state index contributed by atoms with van der Waals surface area (Å²) in [5.41, 5.74) is -1.29. The smallest absolute Gasteiger partial charge is 0.260 e. The van der Waals surface area contributed by atoms with Crippen molar-refractivity contribution in [3.8, 4) is 0 Å². The third kappa shape index (κ3) is 3.71. The standard InChI is InChI=1S/C12H18N2O3/c1-4-14(8-12(2,3)17)11(16)9-6-5-7-13-10(9)15/h5-7,17H,4,8H2,1-3H3,(H,13,15). The van der Waals surface area contributed by atoms with Gasteiger partial charge in [-0.15, -0.1) is 0 Å². The van der Waals surface area contributed by atoms with Gasteiger partial charge in [-0.3, -0.25) is 9.59 Å². The lowest BCUT2D eigenvalue weighted by Crippen LogP contribution is -2.43. The summed E-state index contributed by atoms with van der Waals surface area (Å²) in [6.07, 6.45) is 1.48. The van der Waals surface area contributed by atoms with E-state index in [9.17, 15) is 14.7 Å². The van der Waals surface area contributed by atoms with Crippen LogP contribution in [-0.2, 0) is 0 Å². The van der Waals surface area contributed by atoms with Crippen LogP contribution < -0.4 is 5.56 Å².